The molecule has 2 aromatic carbocycles. The zero-order valence-corrected chi connectivity index (χ0v) is 21.6. The van der Waals surface area contributed by atoms with Crippen molar-refractivity contribution in [2.24, 2.45) is 0 Å². The van der Waals surface area contributed by atoms with E-state index in [9.17, 15) is 22.8 Å². The quantitative estimate of drug-likeness (QED) is 0.359. The predicted molar refractivity (Wildman–Crippen MR) is 140 cm³/mol. The summed E-state index contributed by atoms with van der Waals surface area (Å²) < 4.78 is 47.4. The van der Waals surface area contributed by atoms with Crippen LogP contribution in [0.4, 0.5) is 18.0 Å². The highest BCUT2D eigenvalue weighted by Gasteiger charge is 2.35. The summed E-state index contributed by atoms with van der Waals surface area (Å²) in [5, 5.41) is 4.74. The fourth-order valence-corrected chi connectivity index (χ4v) is 5.70. The van der Waals surface area contributed by atoms with Crippen molar-refractivity contribution in [2.45, 2.75) is 32.0 Å². The van der Waals surface area contributed by atoms with Gasteiger partial charge in [-0.1, -0.05) is 18.6 Å². The van der Waals surface area contributed by atoms with Crippen molar-refractivity contribution < 1.29 is 27.5 Å². The standard InChI is InChI=1S/C27H27F3N4O3S/c1-37-21-7-6-19(22(15-21)27(28,29)30)17-34-23-8-5-18(13-20(23)16-31-34)14-24-25(35)33(26(36)38-24)12-11-32-9-3-2-4-10-32/h5-8,13-16H,2-4,9-12,17H2,1H3. The summed E-state index contributed by atoms with van der Waals surface area (Å²) in [6.07, 6.45) is 2.23. The average Bonchev–Trinajstić information content (AvgIpc) is 3.42. The molecule has 11 heteroatoms. The smallest absolute Gasteiger partial charge is 0.416 e. The number of benzene rings is 2. The Hall–Kier alpha value is -3.31. The molecule has 0 saturated carbocycles. The van der Waals surface area contributed by atoms with E-state index in [2.05, 4.69) is 10.00 Å². The van der Waals surface area contributed by atoms with Crippen LogP contribution >= 0.6 is 11.8 Å². The van der Waals surface area contributed by atoms with Gasteiger partial charge in [0.2, 0.25) is 0 Å². The van der Waals surface area contributed by atoms with Gasteiger partial charge in [-0.05, 0) is 79.2 Å². The highest BCUT2D eigenvalue weighted by atomic mass is 32.2. The second-order valence-electron chi connectivity index (χ2n) is 9.38. The molecular formula is C27H27F3N4O3S. The Morgan fingerprint density at radius 1 is 1.05 bits per heavy atom. The van der Waals surface area contributed by atoms with Gasteiger partial charge in [0.1, 0.15) is 5.75 Å². The Kier molecular flexibility index (Phi) is 7.49. The molecule has 0 spiro atoms. The van der Waals surface area contributed by atoms with Gasteiger partial charge in [0.05, 0.1) is 35.8 Å². The van der Waals surface area contributed by atoms with Crippen molar-refractivity contribution >= 4 is 39.9 Å². The van der Waals surface area contributed by atoms with E-state index < -0.39 is 11.7 Å². The number of carbonyl (C=O) groups excluding carboxylic acids is 2. The highest BCUT2D eigenvalue weighted by molar-refractivity contribution is 8.18. The number of alkyl halides is 3. The van der Waals surface area contributed by atoms with Crippen LogP contribution in [0.1, 0.15) is 36.0 Å². The lowest BCUT2D eigenvalue weighted by atomic mass is 10.1. The molecule has 200 valence electrons. The van der Waals surface area contributed by atoms with Crippen LogP contribution < -0.4 is 4.74 Å². The number of ether oxygens (including phenoxy) is 1. The summed E-state index contributed by atoms with van der Waals surface area (Å²) in [6, 6.07) is 9.20. The van der Waals surface area contributed by atoms with Crippen LogP contribution in [0.2, 0.25) is 0 Å². The third kappa shape index (κ3) is 5.58. The predicted octanol–water partition coefficient (Wildman–Crippen LogP) is 5.63. The molecule has 2 aliphatic heterocycles. The number of amides is 2. The maximum atomic E-state index is 13.6. The number of hydrogen-bond donors (Lipinski definition) is 0. The Morgan fingerprint density at radius 2 is 1.84 bits per heavy atom. The van der Waals surface area contributed by atoms with Crippen LogP contribution in [0.5, 0.6) is 5.75 Å². The number of nitrogens with zero attached hydrogens (tertiary/aromatic N) is 4. The molecule has 7 nitrogen and oxygen atoms in total. The van der Waals surface area contributed by atoms with Crippen LogP contribution in [-0.2, 0) is 17.5 Å². The van der Waals surface area contributed by atoms with Gasteiger partial charge in [0.15, 0.2) is 0 Å². The Balaban J connectivity index is 1.32. The van der Waals surface area contributed by atoms with E-state index in [1.165, 1.54) is 35.2 Å². The van der Waals surface area contributed by atoms with E-state index in [0.717, 1.165) is 43.8 Å². The molecule has 2 fully saturated rings. The zero-order valence-electron chi connectivity index (χ0n) is 20.8. The first-order valence-corrected chi connectivity index (χ1v) is 13.2. The van der Waals surface area contributed by atoms with E-state index in [0.29, 0.717) is 34.5 Å². The molecule has 2 saturated heterocycles. The molecule has 0 N–H and O–H groups in total. The number of likely N-dealkylation sites (tertiary alicyclic amines) is 1. The minimum atomic E-state index is -4.53. The van der Waals surface area contributed by atoms with E-state index in [-0.39, 0.29) is 29.0 Å². The molecule has 0 atom stereocenters. The van der Waals surface area contributed by atoms with Crippen molar-refractivity contribution in [3.8, 4) is 5.75 Å². The summed E-state index contributed by atoms with van der Waals surface area (Å²) in [7, 11) is 1.32. The normalized spacial score (nSPS) is 18.2. The number of fused-ring (bicyclic) bond motifs is 1. The maximum Gasteiger partial charge on any atom is 0.416 e. The molecule has 0 radical (unpaired) electrons. The number of imide groups is 1. The molecule has 5 rings (SSSR count). The lowest BCUT2D eigenvalue weighted by molar-refractivity contribution is -0.138. The summed E-state index contributed by atoms with van der Waals surface area (Å²) >= 11 is 0.925. The highest BCUT2D eigenvalue weighted by Crippen LogP contribution is 2.36. The number of carbonyl (C=O) groups is 2. The minimum Gasteiger partial charge on any atom is -0.497 e. The third-order valence-corrected chi connectivity index (χ3v) is 7.78. The summed E-state index contributed by atoms with van der Waals surface area (Å²) in [4.78, 5) is 29.3. The van der Waals surface area contributed by atoms with Crippen molar-refractivity contribution in [3.05, 3.63) is 64.2 Å². The van der Waals surface area contributed by atoms with Gasteiger partial charge in [-0.2, -0.15) is 18.3 Å². The van der Waals surface area contributed by atoms with Crippen LogP contribution in [0, 0.1) is 0 Å². The number of thioether (sulfide) groups is 1. The van der Waals surface area contributed by atoms with Crippen LogP contribution in [0.3, 0.4) is 0 Å². The monoisotopic (exact) mass is 544 g/mol. The maximum absolute atomic E-state index is 13.6. The number of halogens is 3. The number of piperidine rings is 1. The fraction of sp³-hybridized carbons (Fsp3) is 0.370. The molecule has 38 heavy (non-hydrogen) atoms. The summed E-state index contributed by atoms with van der Waals surface area (Å²) in [5.41, 5.74) is 0.665. The fourth-order valence-electron chi connectivity index (χ4n) is 4.84. The zero-order chi connectivity index (χ0) is 26.9. The van der Waals surface area contributed by atoms with Crippen LogP contribution in [0.15, 0.2) is 47.5 Å². The van der Waals surface area contributed by atoms with Gasteiger partial charge in [0, 0.05) is 18.5 Å². The Labute approximate surface area is 222 Å². The van der Waals surface area contributed by atoms with E-state index in [1.807, 2.05) is 0 Å². The second-order valence-corrected chi connectivity index (χ2v) is 10.4. The summed E-state index contributed by atoms with van der Waals surface area (Å²) in [6.45, 7) is 2.98. The molecule has 1 aromatic heterocycles. The number of aromatic nitrogens is 2. The molecule has 2 aliphatic rings. The Bertz CT molecular complexity index is 1400. The van der Waals surface area contributed by atoms with Crippen molar-refractivity contribution in [2.75, 3.05) is 33.3 Å². The van der Waals surface area contributed by atoms with E-state index in [1.54, 1.807) is 30.5 Å². The van der Waals surface area contributed by atoms with E-state index >= 15 is 0 Å². The first kappa shape index (κ1) is 26.3. The molecule has 0 bridgehead atoms. The van der Waals surface area contributed by atoms with Gasteiger partial charge in [-0.25, -0.2) is 0 Å². The van der Waals surface area contributed by atoms with E-state index in [4.69, 9.17) is 4.74 Å². The largest absolute Gasteiger partial charge is 0.497 e. The van der Waals surface area contributed by atoms with Crippen molar-refractivity contribution in [1.82, 2.24) is 19.6 Å². The molecule has 0 unspecified atom stereocenters. The van der Waals surface area contributed by atoms with Gasteiger partial charge >= 0.3 is 6.18 Å². The molecule has 3 heterocycles. The topological polar surface area (TPSA) is 67.7 Å². The van der Waals surface area contributed by atoms with Gasteiger partial charge < -0.3 is 9.64 Å². The van der Waals surface area contributed by atoms with Gasteiger partial charge in [-0.15, -0.1) is 0 Å². The summed E-state index contributed by atoms with van der Waals surface area (Å²) in [5.74, 6) is -0.168. The first-order valence-electron chi connectivity index (χ1n) is 12.4. The lowest BCUT2D eigenvalue weighted by Crippen LogP contribution is -2.39. The third-order valence-electron chi connectivity index (χ3n) is 6.87. The SMILES string of the molecule is COc1ccc(Cn2ncc3cc(C=C4SC(=O)N(CCN5CCCCC5)C4=O)ccc32)c(C(F)(F)F)c1. The average molecular weight is 545 g/mol. The minimum absolute atomic E-state index is 0.0718. The second kappa shape index (κ2) is 10.8. The van der Waals surface area contributed by atoms with Crippen LogP contribution in [0.25, 0.3) is 17.0 Å². The first-order chi connectivity index (χ1) is 18.2. The Morgan fingerprint density at radius 3 is 2.58 bits per heavy atom. The molecule has 2 amide bonds. The lowest BCUT2D eigenvalue weighted by Gasteiger charge is -2.27. The number of rotatable bonds is 7. The number of hydrogen-bond acceptors (Lipinski definition) is 6. The number of methoxy groups -OCH3 is 1. The van der Waals surface area contributed by atoms with Crippen LogP contribution in [-0.4, -0.2) is 64.0 Å². The molecule has 0 aliphatic carbocycles. The molecular weight excluding hydrogens is 517 g/mol. The van der Waals surface area contributed by atoms with Crippen molar-refractivity contribution in [1.29, 1.82) is 0 Å². The van der Waals surface area contributed by atoms with Gasteiger partial charge in [-0.3, -0.25) is 19.2 Å². The van der Waals surface area contributed by atoms with Gasteiger partial charge in [0.25, 0.3) is 11.1 Å². The molecule has 3 aromatic rings. The van der Waals surface area contributed by atoms with Crippen molar-refractivity contribution in [3.63, 3.8) is 0 Å².